The fraction of sp³-hybridized carbons (Fsp3) is 0.600. The van der Waals surface area contributed by atoms with Crippen LogP contribution in [0.4, 0.5) is 11.8 Å². The number of hydrogen-bond donors (Lipinski definition) is 2. The lowest BCUT2D eigenvalue weighted by Gasteiger charge is -2.18. The third kappa shape index (κ3) is 2.96. The summed E-state index contributed by atoms with van der Waals surface area (Å²) in [6.07, 6.45) is 2.58. The Bertz CT molecular complexity index is 627. The number of aromatic nitrogens is 2. The molecule has 0 aromatic carbocycles. The zero-order valence-corrected chi connectivity index (χ0v) is 13.6. The highest BCUT2D eigenvalue weighted by molar-refractivity contribution is 7.18. The Morgan fingerprint density at radius 1 is 1.43 bits per heavy atom. The van der Waals surface area contributed by atoms with Gasteiger partial charge < -0.3 is 15.4 Å². The van der Waals surface area contributed by atoms with Gasteiger partial charge in [-0.25, -0.2) is 4.98 Å². The predicted molar refractivity (Wildman–Crippen MR) is 88.3 cm³/mol. The smallest absolute Gasteiger partial charge is 0.225 e. The van der Waals surface area contributed by atoms with E-state index in [0.29, 0.717) is 18.0 Å². The average Bonchev–Trinajstić information content (AvgIpc) is 3.09. The van der Waals surface area contributed by atoms with Crippen molar-refractivity contribution in [2.45, 2.75) is 32.8 Å². The van der Waals surface area contributed by atoms with Gasteiger partial charge in [-0.05, 0) is 25.8 Å². The highest BCUT2D eigenvalue weighted by Crippen LogP contribution is 2.30. The Labute approximate surface area is 129 Å². The largest absolute Gasteiger partial charge is 0.378 e. The van der Waals surface area contributed by atoms with Crippen molar-refractivity contribution in [2.75, 3.05) is 30.8 Å². The van der Waals surface area contributed by atoms with E-state index >= 15 is 0 Å². The normalized spacial score (nSPS) is 21.9. The molecule has 0 aliphatic carbocycles. The summed E-state index contributed by atoms with van der Waals surface area (Å²) in [5.41, 5.74) is 0. The van der Waals surface area contributed by atoms with Gasteiger partial charge in [0.25, 0.3) is 0 Å². The molecule has 1 saturated heterocycles. The van der Waals surface area contributed by atoms with Crippen LogP contribution in [0.1, 0.15) is 24.6 Å². The molecule has 3 rings (SSSR count). The molecule has 0 amide bonds. The van der Waals surface area contributed by atoms with Gasteiger partial charge in [0.1, 0.15) is 10.6 Å². The van der Waals surface area contributed by atoms with E-state index in [1.54, 1.807) is 11.3 Å². The number of thiophene rings is 1. The van der Waals surface area contributed by atoms with Gasteiger partial charge in [-0.2, -0.15) is 4.98 Å². The predicted octanol–water partition coefficient (Wildman–Crippen LogP) is 3.27. The number of nitrogens with one attached hydrogen (secondary N) is 2. The molecule has 3 heterocycles. The van der Waals surface area contributed by atoms with E-state index in [2.05, 4.69) is 40.5 Å². The Morgan fingerprint density at radius 2 is 2.29 bits per heavy atom. The molecule has 2 N–H and O–H groups in total. The first-order chi connectivity index (χ1) is 10.2. The molecule has 1 aliphatic heterocycles. The van der Waals surface area contributed by atoms with Crippen LogP contribution in [0.5, 0.6) is 0 Å². The summed E-state index contributed by atoms with van der Waals surface area (Å²) in [4.78, 5) is 11.4. The molecule has 21 heavy (non-hydrogen) atoms. The molecule has 1 aliphatic rings. The van der Waals surface area contributed by atoms with Crippen LogP contribution in [0, 0.1) is 12.8 Å². The van der Waals surface area contributed by atoms with Crippen LogP contribution in [0.15, 0.2) is 6.07 Å². The van der Waals surface area contributed by atoms with Crippen molar-refractivity contribution in [3.05, 3.63) is 10.9 Å². The lowest BCUT2D eigenvalue weighted by molar-refractivity contribution is 0.0900. The second-order valence-electron chi connectivity index (χ2n) is 5.47. The third-order valence-corrected chi connectivity index (χ3v) is 4.96. The van der Waals surface area contributed by atoms with Crippen LogP contribution in [0.3, 0.4) is 0 Å². The van der Waals surface area contributed by atoms with Gasteiger partial charge in [-0.15, -0.1) is 11.3 Å². The Kier molecular flexibility index (Phi) is 4.26. The van der Waals surface area contributed by atoms with Crippen LogP contribution in [-0.4, -0.2) is 36.3 Å². The van der Waals surface area contributed by atoms with Crippen molar-refractivity contribution >= 4 is 33.3 Å². The minimum atomic E-state index is 0.378. The van der Waals surface area contributed by atoms with Gasteiger partial charge in [-0.3, -0.25) is 0 Å². The number of nitrogens with zero attached hydrogens (tertiary/aromatic N) is 2. The minimum absolute atomic E-state index is 0.378. The lowest BCUT2D eigenvalue weighted by Crippen LogP contribution is -2.23. The summed E-state index contributed by atoms with van der Waals surface area (Å²) in [6, 6.07) is 2.16. The molecule has 5 nitrogen and oxygen atoms in total. The maximum absolute atomic E-state index is 5.76. The van der Waals surface area contributed by atoms with Crippen molar-refractivity contribution in [2.24, 2.45) is 5.92 Å². The van der Waals surface area contributed by atoms with Gasteiger partial charge >= 0.3 is 0 Å². The Morgan fingerprint density at radius 3 is 3.05 bits per heavy atom. The van der Waals surface area contributed by atoms with Gasteiger partial charge in [0.2, 0.25) is 5.95 Å². The summed E-state index contributed by atoms with van der Waals surface area (Å²) in [5.74, 6) is 2.16. The molecule has 6 heteroatoms. The molecule has 0 bridgehead atoms. The highest BCUT2D eigenvalue weighted by atomic mass is 32.1. The minimum Gasteiger partial charge on any atom is -0.378 e. The number of ether oxygens (including phenoxy) is 1. The second kappa shape index (κ2) is 6.15. The van der Waals surface area contributed by atoms with E-state index in [-0.39, 0.29) is 0 Å². The molecule has 2 atom stereocenters. The maximum Gasteiger partial charge on any atom is 0.225 e. The van der Waals surface area contributed by atoms with Gasteiger partial charge in [-0.1, -0.05) is 6.92 Å². The van der Waals surface area contributed by atoms with Gasteiger partial charge in [0.15, 0.2) is 0 Å². The van der Waals surface area contributed by atoms with Crippen LogP contribution in [0.2, 0.25) is 0 Å². The molecule has 2 aromatic rings. The first kappa shape index (κ1) is 14.5. The van der Waals surface area contributed by atoms with Crippen molar-refractivity contribution in [1.82, 2.24) is 9.97 Å². The van der Waals surface area contributed by atoms with E-state index in [9.17, 15) is 0 Å². The quantitative estimate of drug-likeness (QED) is 0.888. The first-order valence-electron chi connectivity index (χ1n) is 7.52. The fourth-order valence-electron chi connectivity index (χ4n) is 2.89. The zero-order valence-electron chi connectivity index (χ0n) is 12.8. The van der Waals surface area contributed by atoms with Crippen LogP contribution >= 0.6 is 11.3 Å². The van der Waals surface area contributed by atoms with Crippen molar-refractivity contribution in [1.29, 1.82) is 0 Å². The average molecular weight is 306 g/mol. The number of fused-ring (bicyclic) bond motifs is 1. The number of hydrogen-bond acceptors (Lipinski definition) is 6. The Balaban J connectivity index is 1.82. The van der Waals surface area contributed by atoms with Crippen molar-refractivity contribution in [3.63, 3.8) is 0 Å². The molecule has 1 fully saturated rings. The standard InChI is InChI=1S/C15H22N4OS/c1-4-12-10(5-6-20-12)8-17-13-11-7-9(2)21-14(11)19-15(16-3)18-13/h7,10,12H,4-6,8H2,1-3H3,(H2,16,17,18,19). The van der Waals surface area contributed by atoms with E-state index in [1.807, 2.05) is 7.05 Å². The molecule has 114 valence electrons. The van der Waals surface area contributed by atoms with Gasteiger partial charge in [0.05, 0.1) is 11.5 Å². The Hall–Kier alpha value is -1.40. The van der Waals surface area contributed by atoms with E-state index in [1.165, 1.54) is 4.88 Å². The first-order valence-corrected chi connectivity index (χ1v) is 8.34. The van der Waals surface area contributed by atoms with Crippen molar-refractivity contribution in [3.8, 4) is 0 Å². The lowest BCUT2D eigenvalue weighted by atomic mass is 10.00. The number of aryl methyl sites for hydroxylation is 1. The molecule has 0 spiro atoms. The zero-order chi connectivity index (χ0) is 14.8. The van der Waals surface area contributed by atoms with Gasteiger partial charge in [0, 0.05) is 31.0 Å². The topological polar surface area (TPSA) is 59.1 Å². The van der Waals surface area contributed by atoms with E-state index in [4.69, 9.17) is 4.74 Å². The van der Waals surface area contributed by atoms with Crippen LogP contribution < -0.4 is 10.6 Å². The summed E-state index contributed by atoms with van der Waals surface area (Å²) in [5, 5.41) is 7.67. The molecule has 0 radical (unpaired) electrons. The van der Waals surface area contributed by atoms with Crippen LogP contribution in [-0.2, 0) is 4.74 Å². The molecular weight excluding hydrogens is 284 g/mol. The molecule has 2 unspecified atom stereocenters. The maximum atomic E-state index is 5.76. The monoisotopic (exact) mass is 306 g/mol. The number of anilines is 2. The molecular formula is C15H22N4OS. The number of rotatable bonds is 5. The fourth-order valence-corrected chi connectivity index (χ4v) is 3.77. The summed E-state index contributed by atoms with van der Waals surface area (Å²) in [7, 11) is 1.85. The molecule has 2 aromatic heterocycles. The van der Waals surface area contributed by atoms with E-state index in [0.717, 1.165) is 42.0 Å². The SMILES string of the molecule is CCC1OCCC1CNc1nc(NC)nc2sc(C)cc12. The summed E-state index contributed by atoms with van der Waals surface area (Å²) < 4.78 is 5.76. The summed E-state index contributed by atoms with van der Waals surface area (Å²) >= 11 is 1.70. The summed E-state index contributed by atoms with van der Waals surface area (Å²) in [6.45, 7) is 6.08. The van der Waals surface area contributed by atoms with Crippen molar-refractivity contribution < 1.29 is 4.74 Å². The van der Waals surface area contributed by atoms with Crippen LogP contribution in [0.25, 0.3) is 10.2 Å². The third-order valence-electron chi connectivity index (χ3n) is 4.02. The highest BCUT2D eigenvalue weighted by Gasteiger charge is 2.26. The second-order valence-corrected chi connectivity index (χ2v) is 6.70. The molecule has 0 saturated carbocycles. The van der Waals surface area contributed by atoms with E-state index < -0.39 is 0 Å².